The van der Waals surface area contributed by atoms with E-state index >= 15 is 0 Å². The van der Waals surface area contributed by atoms with Gasteiger partial charge < -0.3 is 10.6 Å². The molecule has 1 rings (SSSR count). The average molecular weight is 270 g/mol. The van der Waals surface area contributed by atoms with Crippen molar-refractivity contribution in [1.29, 1.82) is 0 Å². The minimum Gasteiger partial charge on any atom is -0.373 e. The van der Waals surface area contributed by atoms with Crippen molar-refractivity contribution in [2.45, 2.75) is 19.4 Å². The van der Waals surface area contributed by atoms with Crippen LogP contribution in [0.3, 0.4) is 0 Å². The molecule has 2 N–H and O–H groups in total. The fraction of sp³-hybridized carbons (Fsp3) is 0.538. The molecule has 4 nitrogen and oxygen atoms in total. The highest BCUT2D eigenvalue weighted by Crippen LogP contribution is 2.25. The van der Waals surface area contributed by atoms with Crippen molar-refractivity contribution in [2.75, 3.05) is 30.5 Å². The zero-order chi connectivity index (χ0) is 13.8. The Bertz CT molecular complexity index is 486. The lowest BCUT2D eigenvalue weighted by atomic mass is 10.0. The van der Waals surface area contributed by atoms with Gasteiger partial charge >= 0.3 is 0 Å². The third-order valence-electron chi connectivity index (χ3n) is 2.98. The molecule has 1 atom stereocenters. The summed E-state index contributed by atoms with van der Waals surface area (Å²) in [6.07, 6.45) is 2.11. The molecule has 0 aliphatic carbocycles. The largest absolute Gasteiger partial charge is 0.373 e. The molecule has 0 bridgehead atoms. The zero-order valence-corrected chi connectivity index (χ0v) is 12.1. The second kappa shape index (κ2) is 6.20. The number of nitrogens with zero attached hydrogens (tertiary/aromatic N) is 1. The van der Waals surface area contributed by atoms with Gasteiger partial charge in [-0.3, -0.25) is 0 Å². The van der Waals surface area contributed by atoms with E-state index in [1.807, 2.05) is 43.1 Å². The number of rotatable bonds is 6. The molecule has 1 aromatic rings. The van der Waals surface area contributed by atoms with Crippen LogP contribution < -0.4 is 10.6 Å². The average Bonchev–Trinajstić information content (AvgIpc) is 2.34. The van der Waals surface area contributed by atoms with Crippen LogP contribution in [0.5, 0.6) is 0 Å². The summed E-state index contributed by atoms with van der Waals surface area (Å²) in [6.45, 7) is 2.52. The van der Waals surface area contributed by atoms with Gasteiger partial charge in [0.15, 0.2) is 0 Å². The minimum absolute atomic E-state index is 0.0121. The molecule has 0 aliphatic rings. The maximum atomic E-state index is 11.2. The van der Waals surface area contributed by atoms with E-state index in [9.17, 15) is 8.42 Å². The Morgan fingerprint density at radius 1 is 1.33 bits per heavy atom. The normalized spacial score (nSPS) is 13.3. The van der Waals surface area contributed by atoms with Crippen LogP contribution in [-0.2, 0) is 9.84 Å². The van der Waals surface area contributed by atoms with E-state index in [1.165, 1.54) is 6.26 Å². The van der Waals surface area contributed by atoms with Crippen molar-refractivity contribution >= 4 is 15.5 Å². The van der Waals surface area contributed by atoms with Gasteiger partial charge in [-0.1, -0.05) is 25.1 Å². The summed E-state index contributed by atoms with van der Waals surface area (Å²) in [6, 6.07) is 7.87. The van der Waals surface area contributed by atoms with E-state index in [0.29, 0.717) is 6.54 Å². The van der Waals surface area contributed by atoms with Crippen molar-refractivity contribution in [1.82, 2.24) is 0 Å². The second-order valence-electron chi connectivity index (χ2n) is 4.62. The van der Waals surface area contributed by atoms with Gasteiger partial charge in [-0.25, -0.2) is 8.42 Å². The van der Waals surface area contributed by atoms with Crippen molar-refractivity contribution in [3.05, 3.63) is 29.8 Å². The number of nitrogens with two attached hydrogens (primary N) is 1. The van der Waals surface area contributed by atoms with Gasteiger partial charge in [0.05, 0.1) is 5.75 Å². The highest BCUT2D eigenvalue weighted by molar-refractivity contribution is 7.90. The van der Waals surface area contributed by atoms with E-state index in [0.717, 1.165) is 17.7 Å². The van der Waals surface area contributed by atoms with Crippen LogP contribution in [0, 0.1) is 0 Å². The fourth-order valence-electron chi connectivity index (χ4n) is 1.79. The van der Waals surface area contributed by atoms with Gasteiger partial charge in [-0.2, -0.15) is 0 Å². The number of para-hydroxylation sites is 1. The van der Waals surface area contributed by atoms with Crippen molar-refractivity contribution < 1.29 is 8.42 Å². The number of anilines is 1. The Morgan fingerprint density at radius 2 is 1.94 bits per heavy atom. The molecule has 0 radical (unpaired) electrons. The molecule has 0 fully saturated rings. The van der Waals surface area contributed by atoms with Gasteiger partial charge in [0.1, 0.15) is 9.84 Å². The maximum Gasteiger partial charge on any atom is 0.149 e. The van der Waals surface area contributed by atoms with Crippen molar-refractivity contribution in [2.24, 2.45) is 5.73 Å². The summed E-state index contributed by atoms with van der Waals surface area (Å²) in [5, 5.41) is 0. The number of benzene rings is 1. The maximum absolute atomic E-state index is 11.2. The molecule has 0 amide bonds. The SMILES string of the molecule is CC[C@H](N)c1ccccc1N(C)CCS(C)(=O)=O. The number of hydrogen-bond acceptors (Lipinski definition) is 4. The minimum atomic E-state index is -2.94. The zero-order valence-electron chi connectivity index (χ0n) is 11.3. The standard InChI is InChI=1S/C13H22N2O2S/c1-4-12(14)11-7-5-6-8-13(11)15(2)9-10-18(3,16)17/h5-8,12H,4,9-10,14H2,1-3H3/t12-/m0/s1. The van der Waals surface area contributed by atoms with E-state index in [4.69, 9.17) is 5.73 Å². The molecule has 0 aromatic heterocycles. The van der Waals surface area contributed by atoms with Crippen LogP contribution in [0.4, 0.5) is 5.69 Å². The summed E-state index contributed by atoms with van der Waals surface area (Å²) >= 11 is 0. The van der Waals surface area contributed by atoms with Gasteiger partial charge in [-0.15, -0.1) is 0 Å². The molecule has 1 aromatic carbocycles. The Kier molecular flexibility index (Phi) is 5.16. The van der Waals surface area contributed by atoms with Gasteiger partial charge in [-0.05, 0) is 18.1 Å². The third-order valence-corrected chi connectivity index (χ3v) is 3.91. The Labute approximate surface area is 110 Å². The molecule has 0 aliphatic heterocycles. The lowest BCUT2D eigenvalue weighted by Crippen LogP contribution is -2.26. The highest BCUT2D eigenvalue weighted by atomic mass is 32.2. The van der Waals surface area contributed by atoms with Gasteiger partial charge in [0, 0.05) is 31.6 Å². The lowest BCUT2D eigenvalue weighted by Gasteiger charge is -2.24. The van der Waals surface area contributed by atoms with Crippen LogP contribution in [-0.4, -0.2) is 34.0 Å². The first-order valence-corrected chi connectivity index (χ1v) is 8.14. The van der Waals surface area contributed by atoms with E-state index in [1.54, 1.807) is 0 Å². The lowest BCUT2D eigenvalue weighted by molar-refractivity contribution is 0.601. The monoisotopic (exact) mass is 270 g/mol. The highest BCUT2D eigenvalue weighted by Gasteiger charge is 2.13. The first-order valence-electron chi connectivity index (χ1n) is 6.08. The molecule has 0 saturated heterocycles. The van der Waals surface area contributed by atoms with Crippen LogP contribution >= 0.6 is 0 Å². The van der Waals surface area contributed by atoms with E-state index in [-0.39, 0.29) is 11.8 Å². The molecule has 5 heteroatoms. The summed E-state index contributed by atoms with van der Waals surface area (Å²) in [5.41, 5.74) is 8.15. The van der Waals surface area contributed by atoms with Gasteiger partial charge in [0.25, 0.3) is 0 Å². The molecule has 0 heterocycles. The Balaban J connectivity index is 2.88. The first kappa shape index (κ1) is 15.0. The van der Waals surface area contributed by atoms with Crippen molar-refractivity contribution in [3.63, 3.8) is 0 Å². The molecule has 0 spiro atoms. The molecule has 18 heavy (non-hydrogen) atoms. The van der Waals surface area contributed by atoms with E-state index in [2.05, 4.69) is 0 Å². The summed E-state index contributed by atoms with van der Waals surface area (Å²) < 4.78 is 22.4. The third kappa shape index (κ3) is 4.31. The molecular formula is C13H22N2O2S. The van der Waals surface area contributed by atoms with Crippen LogP contribution in [0.15, 0.2) is 24.3 Å². The summed E-state index contributed by atoms with van der Waals surface area (Å²) in [4.78, 5) is 1.95. The van der Waals surface area contributed by atoms with Crippen LogP contribution in [0.25, 0.3) is 0 Å². The Hall–Kier alpha value is -1.07. The first-order chi connectivity index (χ1) is 8.35. The number of sulfone groups is 1. The molecular weight excluding hydrogens is 248 g/mol. The van der Waals surface area contributed by atoms with E-state index < -0.39 is 9.84 Å². The topological polar surface area (TPSA) is 63.4 Å². The molecule has 0 saturated carbocycles. The number of hydrogen-bond donors (Lipinski definition) is 1. The smallest absolute Gasteiger partial charge is 0.149 e. The van der Waals surface area contributed by atoms with Crippen molar-refractivity contribution in [3.8, 4) is 0 Å². The second-order valence-corrected chi connectivity index (χ2v) is 6.88. The predicted octanol–water partition coefficient (Wildman–Crippen LogP) is 1.58. The quantitative estimate of drug-likeness (QED) is 0.852. The van der Waals surface area contributed by atoms with Gasteiger partial charge in [0.2, 0.25) is 0 Å². The Morgan fingerprint density at radius 3 is 2.50 bits per heavy atom. The van der Waals surface area contributed by atoms with Crippen LogP contribution in [0.2, 0.25) is 0 Å². The summed E-state index contributed by atoms with van der Waals surface area (Å²) in [7, 11) is -1.04. The predicted molar refractivity (Wildman–Crippen MR) is 76.6 cm³/mol. The summed E-state index contributed by atoms with van der Waals surface area (Å²) in [5.74, 6) is 0.152. The molecule has 0 unspecified atom stereocenters. The van der Waals surface area contributed by atoms with Crippen LogP contribution in [0.1, 0.15) is 24.9 Å². The fourth-order valence-corrected chi connectivity index (χ4v) is 2.40. The molecule has 102 valence electrons.